The largest absolute Gasteiger partial charge is 0.508 e. The summed E-state index contributed by atoms with van der Waals surface area (Å²) in [5, 5.41) is 19.2. The number of hydrogen-bond donors (Lipinski definition) is 2. The molecular weight excluding hydrogens is 419 g/mol. The maximum Gasteiger partial charge on any atom is 0.310 e. The van der Waals surface area contributed by atoms with E-state index < -0.39 is 0 Å². The number of phenolic OH excluding ortho intramolecular Hbond substituents is 2. The fourth-order valence-corrected chi connectivity index (χ4v) is 3.47. The summed E-state index contributed by atoms with van der Waals surface area (Å²) in [4.78, 5) is 11.9. The van der Waals surface area contributed by atoms with Gasteiger partial charge in [0.2, 0.25) is 0 Å². The first-order chi connectivity index (χ1) is 11.5. The Balaban J connectivity index is 1.94. The van der Waals surface area contributed by atoms with Crippen molar-refractivity contribution >= 4 is 28.6 Å². The van der Waals surface area contributed by atoms with Crippen LogP contribution in [0.4, 0.5) is 0 Å². The van der Waals surface area contributed by atoms with Crippen molar-refractivity contribution in [1.82, 2.24) is 0 Å². The molecule has 2 rings (SSSR count). The first kappa shape index (κ1) is 18.6. The Morgan fingerprint density at radius 2 is 1.79 bits per heavy atom. The Morgan fingerprint density at radius 3 is 2.46 bits per heavy atom. The van der Waals surface area contributed by atoms with Crippen LogP contribution in [0.3, 0.4) is 0 Å². The SMILES string of the molecule is CCCC(I)c1cc(COC(=O)Cc2ccc(O)cc2)ccc1O. The van der Waals surface area contributed by atoms with Gasteiger partial charge in [0.25, 0.3) is 0 Å². The van der Waals surface area contributed by atoms with Crippen LogP contribution in [-0.2, 0) is 22.6 Å². The zero-order valence-corrected chi connectivity index (χ0v) is 15.7. The van der Waals surface area contributed by atoms with Gasteiger partial charge in [0, 0.05) is 9.49 Å². The van der Waals surface area contributed by atoms with Crippen LogP contribution in [0.5, 0.6) is 11.5 Å². The second-order valence-electron chi connectivity index (χ2n) is 5.65. The topological polar surface area (TPSA) is 66.8 Å². The highest BCUT2D eigenvalue weighted by atomic mass is 127. The summed E-state index contributed by atoms with van der Waals surface area (Å²) in [6.07, 6.45) is 2.19. The lowest BCUT2D eigenvalue weighted by molar-refractivity contribution is -0.144. The summed E-state index contributed by atoms with van der Waals surface area (Å²) < 4.78 is 5.55. The van der Waals surface area contributed by atoms with Gasteiger partial charge in [0.15, 0.2) is 0 Å². The van der Waals surface area contributed by atoms with Gasteiger partial charge in [-0.1, -0.05) is 54.1 Å². The van der Waals surface area contributed by atoms with Gasteiger partial charge < -0.3 is 14.9 Å². The summed E-state index contributed by atoms with van der Waals surface area (Å²) in [7, 11) is 0. The molecular formula is C19H21IO4. The lowest BCUT2D eigenvalue weighted by Gasteiger charge is -2.13. The molecule has 0 saturated carbocycles. The number of carbonyl (C=O) groups excluding carboxylic acids is 1. The van der Waals surface area contributed by atoms with Crippen molar-refractivity contribution in [3.8, 4) is 11.5 Å². The average Bonchev–Trinajstić information content (AvgIpc) is 2.56. The summed E-state index contributed by atoms with van der Waals surface area (Å²) in [6, 6.07) is 11.8. The maximum absolute atomic E-state index is 11.9. The normalized spacial score (nSPS) is 11.9. The predicted octanol–water partition coefficient (Wildman–Crippen LogP) is 4.66. The molecule has 4 nitrogen and oxygen atoms in total. The molecule has 2 aromatic rings. The van der Waals surface area contributed by atoms with E-state index in [9.17, 15) is 15.0 Å². The first-order valence-electron chi connectivity index (χ1n) is 7.89. The molecule has 24 heavy (non-hydrogen) atoms. The number of aromatic hydroxyl groups is 2. The molecule has 0 bridgehead atoms. The number of benzene rings is 2. The second-order valence-corrected chi connectivity index (χ2v) is 7.16. The molecule has 0 saturated heterocycles. The molecule has 0 aromatic heterocycles. The van der Waals surface area contributed by atoms with Crippen LogP contribution in [0.1, 0.15) is 40.4 Å². The molecule has 0 heterocycles. The molecule has 1 atom stereocenters. The number of alkyl halides is 1. The minimum absolute atomic E-state index is 0.163. The van der Waals surface area contributed by atoms with E-state index in [1.807, 2.05) is 6.07 Å². The highest BCUT2D eigenvalue weighted by Gasteiger charge is 2.13. The van der Waals surface area contributed by atoms with Crippen molar-refractivity contribution in [3.05, 3.63) is 59.2 Å². The zero-order valence-electron chi connectivity index (χ0n) is 13.5. The van der Waals surface area contributed by atoms with Crippen LogP contribution < -0.4 is 0 Å². The Bertz CT molecular complexity index is 682. The number of hydrogen-bond acceptors (Lipinski definition) is 4. The zero-order chi connectivity index (χ0) is 17.5. The van der Waals surface area contributed by atoms with E-state index in [4.69, 9.17) is 4.74 Å². The van der Waals surface area contributed by atoms with Crippen LogP contribution in [0, 0.1) is 0 Å². The van der Waals surface area contributed by atoms with Gasteiger partial charge in [-0.25, -0.2) is 0 Å². The minimum atomic E-state index is -0.324. The van der Waals surface area contributed by atoms with Crippen molar-refractivity contribution in [1.29, 1.82) is 0 Å². The minimum Gasteiger partial charge on any atom is -0.508 e. The lowest BCUT2D eigenvalue weighted by Crippen LogP contribution is -2.08. The van der Waals surface area contributed by atoms with Crippen LogP contribution in [0.25, 0.3) is 0 Å². The molecule has 0 aliphatic heterocycles. The van der Waals surface area contributed by atoms with Gasteiger partial charge in [0.1, 0.15) is 18.1 Å². The van der Waals surface area contributed by atoms with E-state index in [0.717, 1.165) is 29.5 Å². The maximum atomic E-state index is 11.9. The van der Waals surface area contributed by atoms with Gasteiger partial charge in [0.05, 0.1) is 6.42 Å². The van der Waals surface area contributed by atoms with Gasteiger partial charge in [-0.3, -0.25) is 4.79 Å². The first-order valence-corrected chi connectivity index (χ1v) is 9.13. The van der Waals surface area contributed by atoms with Crippen LogP contribution in [0.15, 0.2) is 42.5 Å². The molecule has 0 spiro atoms. The molecule has 5 heteroatoms. The molecule has 2 aromatic carbocycles. The number of rotatable bonds is 7. The molecule has 0 radical (unpaired) electrons. The van der Waals surface area contributed by atoms with E-state index in [1.54, 1.807) is 36.4 Å². The number of esters is 1. The second kappa shape index (κ2) is 8.92. The third-order valence-corrected chi connectivity index (χ3v) is 4.95. The Hall–Kier alpha value is -1.76. The molecule has 0 fully saturated rings. The molecule has 1 unspecified atom stereocenters. The lowest BCUT2D eigenvalue weighted by atomic mass is 10.0. The Morgan fingerprint density at radius 1 is 1.12 bits per heavy atom. The van der Waals surface area contributed by atoms with Crippen molar-refractivity contribution < 1.29 is 19.7 Å². The standard InChI is InChI=1S/C19H21IO4/c1-2-3-17(20)16-10-14(6-9-18(16)22)12-24-19(23)11-13-4-7-15(21)8-5-13/h4-10,17,21-22H,2-3,11-12H2,1H3. The van der Waals surface area contributed by atoms with Crippen molar-refractivity contribution in [2.45, 2.75) is 36.7 Å². The van der Waals surface area contributed by atoms with Gasteiger partial charge >= 0.3 is 5.97 Å². The van der Waals surface area contributed by atoms with E-state index >= 15 is 0 Å². The number of carbonyl (C=O) groups is 1. The van der Waals surface area contributed by atoms with Crippen molar-refractivity contribution in [2.24, 2.45) is 0 Å². The van der Waals surface area contributed by atoms with Crippen molar-refractivity contribution in [2.75, 3.05) is 0 Å². The third kappa shape index (κ3) is 5.40. The molecule has 0 aliphatic rings. The molecule has 128 valence electrons. The van der Waals surface area contributed by atoms with E-state index in [0.29, 0.717) is 0 Å². The van der Waals surface area contributed by atoms with Crippen LogP contribution in [-0.4, -0.2) is 16.2 Å². The van der Waals surface area contributed by atoms with Crippen LogP contribution in [0.2, 0.25) is 0 Å². The van der Waals surface area contributed by atoms with E-state index in [1.165, 1.54) is 0 Å². The van der Waals surface area contributed by atoms with Crippen LogP contribution >= 0.6 is 22.6 Å². The number of halogens is 1. The fraction of sp³-hybridized carbons (Fsp3) is 0.316. The summed E-state index contributed by atoms with van der Waals surface area (Å²) in [6.45, 7) is 2.29. The molecule has 2 N–H and O–H groups in total. The molecule has 0 aliphatic carbocycles. The third-order valence-electron chi connectivity index (χ3n) is 3.66. The summed E-state index contributed by atoms with van der Waals surface area (Å²) in [5.41, 5.74) is 2.53. The Kier molecular flexibility index (Phi) is 6.90. The van der Waals surface area contributed by atoms with E-state index in [-0.39, 0.29) is 34.4 Å². The highest BCUT2D eigenvalue weighted by molar-refractivity contribution is 14.1. The summed E-state index contributed by atoms with van der Waals surface area (Å²) >= 11 is 2.32. The van der Waals surface area contributed by atoms with Gasteiger partial charge in [-0.15, -0.1) is 0 Å². The highest BCUT2D eigenvalue weighted by Crippen LogP contribution is 2.35. The van der Waals surface area contributed by atoms with Crippen molar-refractivity contribution in [3.63, 3.8) is 0 Å². The predicted molar refractivity (Wildman–Crippen MR) is 101 cm³/mol. The quantitative estimate of drug-likeness (QED) is 0.374. The summed E-state index contributed by atoms with van der Waals surface area (Å²) in [5.74, 6) is 0.126. The van der Waals surface area contributed by atoms with Gasteiger partial charge in [-0.05, 0) is 41.8 Å². The van der Waals surface area contributed by atoms with Gasteiger partial charge in [-0.2, -0.15) is 0 Å². The van der Waals surface area contributed by atoms with E-state index in [2.05, 4.69) is 29.5 Å². The number of phenols is 2. The average molecular weight is 440 g/mol. The number of ether oxygens (including phenoxy) is 1. The Labute approximate surface area is 155 Å². The fourth-order valence-electron chi connectivity index (χ4n) is 2.35. The monoisotopic (exact) mass is 440 g/mol. The smallest absolute Gasteiger partial charge is 0.310 e. The molecule has 0 amide bonds.